The van der Waals surface area contributed by atoms with Crippen molar-refractivity contribution in [3.05, 3.63) is 18.6 Å². The summed E-state index contributed by atoms with van der Waals surface area (Å²) in [7, 11) is 0. The van der Waals surface area contributed by atoms with Gasteiger partial charge in [0.15, 0.2) is 0 Å². The molecule has 0 unspecified atom stereocenters. The Balaban J connectivity index is 2.58. The van der Waals surface area contributed by atoms with Crippen LogP contribution >= 0.6 is 0 Å². The maximum Gasteiger partial charge on any atom is 0.303 e. The van der Waals surface area contributed by atoms with Crippen molar-refractivity contribution >= 4 is 11.8 Å². The number of carboxylic acids is 1. The zero-order valence-electron chi connectivity index (χ0n) is 9.63. The molecule has 5 heteroatoms. The van der Waals surface area contributed by atoms with Gasteiger partial charge in [-0.1, -0.05) is 0 Å². The maximum atomic E-state index is 10.4. The number of carbonyl (C=O) groups is 1. The van der Waals surface area contributed by atoms with Crippen molar-refractivity contribution in [1.82, 2.24) is 9.97 Å². The first-order valence-electron chi connectivity index (χ1n) is 5.35. The van der Waals surface area contributed by atoms with Gasteiger partial charge in [0.25, 0.3) is 0 Å². The zero-order chi connectivity index (χ0) is 12.0. The summed E-state index contributed by atoms with van der Waals surface area (Å²) in [6, 6.07) is 2.13. The highest BCUT2D eigenvalue weighted by Crippen LogP contribution is 2.13. The predicted octanol–water partition coefficient (Wildman–Crippen LogP) is 1.56. The van der Waals surface area contributed by atoms with Crippen LogP contribution in [0.1, 0.15) is 26.7 Å². The van der Waals surface area contributed by atoms with Crippen LogP contribution in [0.4, 0.5) is 5.82 Å². The molecule has 0 atom stereocenters. The Bertz CT molecular complexity index is 327. The lowest BCUT2D eigenvalue weighted by Crippen LogP contribution is -2.32. The molecule has 0 spiro atoms. The third-order valence-electron chi connectivity index (χ3n) is 2.27. The van der Waals surface area contributed by atoms with Crippen LogP contribution < -0.4 is 4.90 Å². The monoisotopic (exact) mass is 223 g/mol. The molecule has 0 aliphatic carbocycles. The number of hydrogen-bond acceptors (Lipinski definition) is 4. The summed E-state index contributed by atoms with van der Waals surface area (Å²) in [4.78, 5) is 20.5. The highest BCUT2D eigenvalue weighted by atomic mass is 16.4. The molecule has 0 aliphatic rings. The average Bonchev–Trinajstić information content (AvgIpc) is 2.25. The molecule has 5 nitrogen and oxygen atoms in total. The number of hydrogen-bond donors (Lipinski definition) is 1. The fourth-order valence-corrected chi connectivity index (χ4v) is 1.49. The highest BCUT2D eigenvalue weighted by Gasteiger charge is 2.11. The Hall–Kier alpha value is -1.65. The van der Waals surface area contributed by atoms with E-state index in [0.717, 1.165) is 5.82 Å². The van der Waals surface area contributed by atoms with Crippen molar-refractivity contribution in [2.75, 3.05) is 11.4 Å². The number of carboxylic acid groups (broad SMARTS) is 1. The summed E-state index contributed by atoms with van der Waals surface area (Å²) in [6.45, 7) is 4.81. The minimum atomic E-state index is -0.758. The van der Waals surface area contributed by atoms with Gasteiger partial charge in [-0.05, 0) is 26.3 Å². The molecule has 1 aromatic rings. The van der Waals surface area contributed by atoms with Crippen molar-refractivity contribution in [3.8, 4) is 0 Å². The van der Waals surface area contributed by atoms with Gasteiger partial charge in [-0.15, -0.1) is 0 Å². The molecule has 0 bridgehead atoms. The Morgan fingerprint density at radius 1 is 1.56 bits per heavy atom. The second kappa shape index (κ2) is 6.05. The SMILES string of the molecule is CC(C)N(CCCC(=O)O)c1ccncn1. The van der Waals surface area contributed by atoms with E-state index >= 15 is 0 Å². The average molecular weight is 223 g/mol. The van der Waals surface area contributed by atoms with E-state index in [0.29, 0.717) is 19.0 Å². The number of anilines is 1. The van der Waals surface area contributed by atoms with E-state index in [1.165, 1.54) is 6.33 Å². The first kappa shape index (κ1) is 12.4. The third-order valence-corrected chi connectivity index (χ3v) is 2.27. The Morgan fingerprint density at radius 2 is 2.31 bits per heavy atom. The van der Waals surface area contributed by atoms with Crippen LogP contribution in [0.15, 0.2) is 18.6 Å². The van der Waals surface area contributed by atoms with E-state index in [-0.39, 0.29) is 6.42 Å². The zero-order valence-corrected chi connectivity index (χ0v) is 9.63. The van der Waals surface area contributed by atoms with Crippen LogP contribution in [0, 0.1) is 0 Å². The maximum absolute atomic E-state index is 10.4. The Kier molecular flexibility index (Phi) is 4.69. The smallest absolute Gasteiger partial charge is 0.303 e. The highest BCUT2D eigenvalue weighted by molar-refractivity contribution is 5.66. The van der Waals surface area contributed by atoms with E-state index in [4.69, 9.17) is 5.11 Å². The summed E-state index contributed by atoms with van der Waals surface area (Å²) >= 11 is 0. The number of nitrogens with zero attached hydrogens (tertiary/aromatic N) is 3. The first-order valence-corrected chi connectivity index (χ1v) is 5.35. The lowest BCUT2D eigenvalue weighted by Gasteiger charge is -2.27. The Morgan fingerprint density at radius 3 is 2.81 bits per heavy atom. The molecule has 0 radical (unpaired) electrons. The molecule has 0 saturated carbocycles. The van der Waals surface area contributed by atoms with Gasteiger partial charge in [0, 0.05) is 25.2 Å². The van der Waals surface area contributed by atoms with Gasteiger partial charge in [0.05, 0.1) is 0 Å². The molecular formula is C11H17N3O2. The van der Waals surface area contributed by atoms with Gasteiger partial charge in [-0.3, -0.25) is 4.79 Å². The largest absolute Gasteiger partial charge is 0.481 e. The predicted molar refractivity (Wildman–Crippen MR) is 61.4 cm³/mol. The van der Waals surface area contributed by atoms with Crippen LogP contribution in [-0.2, 0) is 4.79 Å². The van der Waals surface area contributed by atoms with Crippen LogP contribution in [0.3, 0.4) is 0 Å². The van der Waals surface area contributed by atoms with Gasteiger partial charge < -0.3 is 10.0 Å². The minimum Gasteiger partial charge on any atom is -0.481 e. The molecule has 0 saturated heterocycles. The summed E-state index contributed by atoms with van der Waals surface area (Å²) in [5, 5.41) is 8.59. The normalized spacial score (nSPS) is 10.4. The Labute approximate surface area is 95.1 Å². The second-order valence-corrected chi connectivity index (χ2v) is 3.85. The van der Waals surface area contributed by atoms with Crippen molar-refractivity contribution < 1.29 is 9.90 Å². The van der Waals surface area contributed by atoms with Gasteiger partial charge in [-0.2, -0.15) is 0 Å². The van der Waals surface area contributed by atoms with Gasteiger partial charge in [0.2, 0.25) is 0 Å². The van der Waals surface area contributed by atoms with E-state index in [9.17, 15) is 4.79 Å². The molecule has 1 heterocycles. The molecule has 0 fully saturated rings. The first-order chi connectivity index (χ1) is 7.61. The van der Waals surface area contributed by atoms with E-state index < -0.39 is 5.97 Å². The second-order valence-electron chi connectivity index (χ2n) is 3.85. The van der Waals surface area contributed by atoms with Gasteiger partial charge in [0.1, 0.15) is 12.1 Å². The quantitative estimate of drug-likeness (QED) is 0.792. The van der Waals surface area contributed by atoms with Crippen LogP contribution in [0.5, 0.6) is 0 Å². The standard InChI is InChI=1S/C11H17N3O2/c1-9(2)14(7-3-4-11(15)16)10-5-6-12-8-13-10/h5-6,8-9H,3-4,7H2,1-2H3,(H,15,16). The lowest BCUT2D eigenvalue weighted by atomic mass is 10.2. The van der Waals surface area contributed by atoms with Crippen LogP contribution in [0.2, 0.25) is 0 Å². The topological polar surface area (TPSA) is 66.3 Å². The van der Waals surface area contributed by atoms with E-state index in [1.54, 1.807) is 6.20 Å². The molecular weight excluding hydrogens is 206 g/mol. The molecule has 1 rings (SSSR count). The lowest BCUT2D eigenvalue weighted by molar-refractivity contribution is -0.137. The van der Waals surface area contributed by atoms with E-state index in [1.807, 2.05) is 6.07 Å². The van der Waals surface area contributed by atoms with Crippen LogP contribution in [-0.4, -0.2) is 33.6 Å². The fraction of sp³-hybridized carbons (Fsp3) is 0.545. The van der Waals surface area contributed by atoms with Crippen molar-refractivity contribution in [3.63, 3.8) is 0 Å². The van der Waals surface area contributed by atoms with Gasteiger partial charge in [-0.25, -0.2) is 9.97 Å². The van der Waals surface area contributed by atoms with Crippen molar-refractivity contribution in [2.45, 2.75) is 32.7 Å². The summed E-state index contributed by atoms with van der Waals surface area (Å²) in [5.74, 6) is 0.0850. The molecule has 88 valence electrons. The molecule has 0 amide bonds. The summed E-state index contributed by atoms with van der Waals surface area (Å²) in [5.41, 5.74) is 0. The van der Waals surface area contributed by atoms with Crippen LogP contribution in [0.25, 0.3) is 0 Å². The molecule has 1 aromatic heterocycles. The van der Waals surface area contributed by atoms with Gasteiger partial charge >= 0.3 is 5.97 Å². The summed E-state index contributed by atoms with van der Waals surface area (Å²) < 4.78 is 0. The number of aliphatic carboxylic acids is 1. The molecule has 16 heavy (non-hydrogen) atoms. The molecule has 0 aliphatic heterocycles. The summed E-state index contributed by atoms with van der Waals surface area (Å²) in [6.07, 6.45) is 4.00. The van der Waals surface area contributed by atoms with E-state index in [2.05, 4.69) is 28.7 Å². The van der Waals surface area contributed by atoms with Crippen molar-refractivity contribution in [1.29, 1.82) is 0 Å². The third kappa shape index (κ3) is 3.84. The minimum absolute atomic E-state index is 0.189. The molecule has 1 N–H and O–H groups in total. The van der Waals surface area contributed by atoms with Crippen molar-refractivity contribution in [2.24, 2.45) is 0 Å². The molecule has 0 aromatic carbocycles. The number of rotatable bonds is 6. The number of aromatic nitrogens is 2. The fourth-order valence-electron chi connectivity index (χ4n) is 1.49.